The van der Waals surface area contributed by atoms with Gasteiger partial charge in [0.15, 0.2) is 0 Å². The van der Waals surface area contributed by atoms with Crippen LogP contribution in [0.5, 0.6) is 0 Å². The summed E-state index contributed by atoms with van der Waals surface area (Å²) in [4.78, 5) is 0. The minimum Gasteiger partial charge on any atom is -0.316 e. The van der Waals surface area contributed by atoms with E-state index in [0.717, 1.165) is 31.2 Å². The summed E-state index contributed by atoms with van der Waals surface area (Å²) < 4.78 is 2.13. The smallest absolute Gasteiger partial charge is 0.0672 e. The van der Waals surface area contributed by atoms with Gasteiger partial charge in [-0.1, -0.05) is 23.8 Å². The van der Waals surface area contributed by atoms with E-state index in [1.807, 2.05) is 0 Å². The van der Waals surface area contributed by atoms with Gasteiger partial charge in [0.2, 0.25) is 0 Å². The van der Waals surface area contributed by atoms with E-state index in [-0.39, 0.29) is 0 Å². The maximum Gasteiger partial charge on any atom is 0.0672 e. The van der Waals surface area contributed by atoms with Gasteiger partial charge in [-0.25, -0.2) is 0 Å². The molecular formula is C17H23N3. The van der Waals surface area contributed by atoms with E-state index in [9.17, 15) is 0 Å². The standard InChI is InChI=1S/C17H23N3/c1-12-4-5-13(2)16(8-12)17-11-20(19-14(17)3)10-15-6-7-18-9-15/h4-5,8,11,15,18H,6-7,9-10H2,1-3H3. The lowest BCUT2D eigenvalue weighted by atomic mass is 9.99. The molecule has 0 bridgehead atoms. The molecule has 106 valence electrons. The first-order valence-electron chi connectivity index (χ1n) is 7.46. The van der Waals surface area contributed by atoms with Crippen molar-refractivity contribution in [1.29, 1.82) is 0 Å². The van der Waals surface area contributed by atoms with Gasteiger partial charge in [-0.15, -0.1) is 0 Å². The highest BCUT2D eigenvalue weighted by molar-refractivity contribution is 5.69. The molecule has 0 aliphatic carbocycles. The molecule has 1 aliphatic heterocycles. The van der Waals surface area contributed by atoms with Crippen LogP contribution >= 0.6 is 0 Å². The van der Waals surface area contributed by atoms with Crippen molar-refractivity contribution in [1.82, 2.24) is 15.1 Å². The first kappa shape index (κ1) is 13.4. The fourth-order valence-corrected chi connectivity index (χ4v) is 3.04. The minimum atomic E-state index is 0.723. The molecule has 1 aliphatic rings. The van der Waals surface area contributed by atoms with E-state index in [0.29, 0.717) is 0 Å². The number of benzene rings is 1. The van der Waals surface area contributed by atoms with Gasteiger partial charge in [0.05, 0.1) is 5.69 Å². The van der Waals surface area contributed by atoms with Gasteiger partial charge in [0.1, 0.15) is 0 Å². The van der Waals surface area contributed by atoms with E-state index in [1.54, 1.807) is 0 Å². The van der Waals surface area contributed by atoms with Crippen molar-refractivity contribution < 1.29 is 0 Å². The molecule has 20 heavy (non-hydrogen) atoms. The lowest BCUT2D eigenvalue weighted by Crippen LogP contribution is -2.14. The molecular weight excluding hydrogens is 246 g/mol. The van der Waals surface area contributed by atoms with Crippen molar-refractivity contribution in [2.45, 2.75) is 33.7 Å². The zero-order valence-electron chi connectivity index (χ0n) is 12.6. The molecule has 1 fully saturated rings. The van der Waals surface area contributed by atoms with Gasteiger partial charge >= 0.3 is 0 Å². The third-order valence-electron chi connectivity index (χ3n) is 4.24. The Kier molecular flexibility index (Phi) is 3.62. The molecule has 1 unspecified atom stereocenters. The average molecular weight is 269 g/mol. The fraction of sp³-hybridized carbons (Fsp3) is 0.471. The molecule has 1 saturated heterocycles. The van der Waals surface area contributed by atoms with Gasteiger partial charge in [-0.3, -0.25) is 4.68 Å². The third kappa shape index (κ3) is 2.63. The predicted molar refractivity (Wildman–Crippen MR) is 82.9 cm³/mol. The molecule has 3 heteroatoms. The zero-order valence-corrected chi connectivity index (χ0v) is 12.6. The van der Waals surface area contributed by atoms with Crippen LogP contribution in [0.15, 0.2) is 24.4 Å². The van der Waals surface area contributed by atoms with Gasteiger partial charge < -0.3 is 5.32 Å². The summed E-state index contributed by atoms with van der Waals surface area (Å²) in [5, 5.41) is 8.13. The summed E-state index contributed by atoms with van der Waals surface area (Å²) in [5.74, 6) is 0.723. The van der Waals surface area contributed by atoms with Crippen molar-refractivity contribution in [2.24, 2.45) is 5.92 Å². The molecule has 1 aromatic carbocycles. The van der Waals surface area contributed by atoms with Crippen LogP contribution in [0, 0.1) is 26.7 Å². The van der Waals surface area contributed by atoms with Crippen molar-refractivity contribution in [2.75, 3.05) is 13.1 Å². The van der Waals surface area contributed by atoms with Crippen molar-refractivity contribution in [3.63, 3.8) is 0 Å². The van der Waals surface area contributed by atoms with E-state index in [1.165, 1.54) is 28.7 Å². The van der Waals surface area contributed by atoms with Crippen LogP contribution in [0.25, 0.3) is 11.1 Å². The van der Waals surface area contributed by atoms with Gasteiger partial charge in [-0.05, 0) is 57.3 Å². The number of nitrogens with zero attached hydrogens (tertiary/aromatic N) is 2. The van der Waals surface area contributed by atoms with Gasteiger partial charge in [-0.2, -0.15) is 5.10 Å². The highest BCUT2D eigenvalue weighted by Gasteiger charge is 2.17. The highest BCUT2D eigenvalue weighted by atomic mass is 15.3. The fourth-order valence-electron chi connectivity index (χ4n) is 3.04. The minimum absolute atomic E-state index is 0.723. The molecule has 1 N–H and O–H groups in total. The largest absolute Gasteiger partial charge is 0.316 e. The SMILES string of the molecule is Cc1ccc(C)c(-c2cn(CC3CCNC3)nc2C)c1. The summed E-state index contributed by atoms with van der Waals surface area (Å²) in [5.41, 5.74) is 6.35. The molecule has 2 aromatic rings. The second-order valence-corrected chi connectivity index (χ2v) is 6.03. The van der Waals surface area contributed by atoms with E-state index in [2.05, 4.69) is 55.2 Å². The van der Waals surface area contributed by atoms with Gasteiger partial charge in [0, 0.05) is 18.3 Å². The molecule has 2 heterocycles. The Hall–Kier alpha value is -1.61. The second kappa shape index (κ2) is 5.41. The molecule has 3 rings (SSSR count). The van der Waals surface area contributed by atoms with Crippen LogP contribution in [0.2, 0.25) is 0 Å². The monoisotopic (exact) mass is 269 g/mol. The van der Waals surface area contributed by atoms with Crippen LogP contribution < -0.4 is 5.32 Å². The maximum absolute atomic E-state index is 4.71. The number of aryl methyl sites for hydroxylation is 3. The van der Waals surface area contributed by atoms with Crippen LogP contribution in [0.4, 0.5) is 0 Å². The Balaban J connectivity index is 1.90. The average Bonchev–Trinajstić information content (AvgIpc) is 3.03. The lowest BCUT2D eigenvalue weighted by Gasteiger charge is -2.08. The number of nitrogens with one attached hydrogen (secondary N) is 1. The number of rotatable bonds is 3. The van der Waals surface area contributed by atoms with Crippen LogP contribution in [0.3, 0.4) is 0 Å². The first-order chi connectivity index (χ1) is 9.63. The summed E-state index contributed by atoms with van der Waals surface area (Å²) >= 11 is 0. The molecule has 1 aromatic heterocycles. The summed E-state index contributed by atoms with van der Waals surface area (Å²) in [6.07, 6.45) is 3.48. The predicted octanol–water partition coefficient (Wildman–Crippen LogP) is 3.08. The van der Waals surface area contributed by atoms with E-state index >= 15 is 0 Å². The Morgan fingerprint density at radius 3 is 2.85 bits per heavy atom. The number of aromatic nitrogens is 2. The Labute approximate surface area is 121 Å². The summed E-state index contributed by atoms with van der Waals surface area (Å²) in [6.45, 7) is 9.73. The van der Waals surface area contributed by atoms with E-state index < -0.39 is 0 Å². The Bertz CT molecular complexity index is 607. The summed E-state index contributed by atoms with van der Waals surface area (Å²) in [7, 11) is 0. The lowest BCUT2D eigenvalue weighted by molar-refractivity contribution is 0.448. The van der Waals surface area contributed by atoms with Crippen LogP contribution in [-0.2, 0) is 6.54 Å². The molecule has 0 radical (unpaired) electrons. The summed E-state index contributed by atoms with van der Waals surface area (Å²) in [6, 6.07) is 6.63. The number of hydrogen-bond acceptors (Lipinski definition) is 2. The third-order valence-corrected chi connectivity index (χ3v) is 4.24. The maximum atomic E-state index is 4.71. The molecule has 0 saturated carbocycles. The Morgan fingerprint density at radius 1 is 1.25 bits per heavy atom. The highest BCUT2D eigenvalue weighted by Crippen LogP contribution is 2.27. The zero-order chi connectivity index (χ0) is 14.1. The van der Waals surface area contributed by atoms with Crippen LogP contribution in [-0.4, -0.2) is 22.9 Å². The van der Waals surface area contributed by atoms with E-state index in [4.69, 9.17) is 5.10 Å². The quantitative estimate of drug-likeness (QED) is 0.928. The van der Waals surface area contributed by atoms with Crippen molar-refractivity contribution in [3.05, 3.63) is 41.2 Å². The second-order valence-electron chi connectivity index (χ2n) is 6.03. The van der Waals surface area contributed by atoms with Crippen molar-refractivity contribution >= 4 is 0 Å². The van der Waals surface area contributed by atoms with Crippen molar-refractivity contribution in [3.8, 4) is 11.1 Å². The molecule has 1 atom stereocenters. The normalized spacial score (nSPS) is 18.6. The Morgan fingerprint density at radius 2 is 2.10 bits per heavy atom. The molecule has 0 amide bonds. The van der Waals surface area contributed by atoms with Gasteiger partial charge in [0.25, 0.3) is 0 Å². The number of hydrogen-bond donors (Lipinski definition) is 1. The first-order valence-corrected chi connectivity index (χ1v) is 7.46. The topological polar surface area (TPSA) is 29.9 Å². The molecule has 3 nitrogen and oxygen atoms in total. The molecule has 0 spiro atoms. The van der Waals surface area contributed by atoms with Crippen LogP contribution in [0.1, 0.15) is 23.2 Å².